The number of halogens is 1. The molecule has 0 saturated carbocycles. The molecule has 0 aliphatic heterocycles. The summed E-state index contributed by atoms with van der Waals surface area (Å²) in [5.41, 5.74) is 7.63. The van der Waals surface area contributed by atoms with E-state index in [2.05, 4.69) is 73.3 Å². The summed E-state index contributed by atoms with van der Waals surface area (Å²) in [5.74, 6) is 0. The second kappa shape index (κ2) is 9.05. The second-order valence-electron chi connectivity index (χ2n) is 6.36. The third kappa shape index (κ3) is 4.28. The van der Waals surface area contributed by atoms with Gasteiger partial charge in [-0.2, -0.15) is 0 Å². The maximum Gasteiger partial charge on any atom is 0.00218 e. The summed E-state index contributed by atoms with van der Waals surface area (Å²) in [5, 5.41) is 0. The summed E-state index contributed by atoms with van der Waals surface area (Å²) in [6.45, 7) is 7.95. The second-order valence-corrected chi connectivity index (χ2v) is 6.36. The average Bonchev–Trinajstić information content (AvgIpc) is 2.94. The van der Waals surface area contributed by atoms with Crippen LogP contribution in [0.3, 0.4) is 0 Å². The first-order valence-electron chi connectivity index (χ1n) is 8.87. The molecular weight excluding hydrogens is 314 g/mol. The van der Waals surface area contributed by atoms with Crippen LogP contribution >= 0.6 is 12.4 Å². The Kier molecular flexibility index (Phi) is 7.08. The summed E-state index contributed by atoms with van der Waals surface area (Å²) in [4.78, 5) is 2.52. The van der Waals surface area contributed by atoms with Gasteiger partial charge in [0.1, 0.15) is 0 Å². The quantitative estimate of drug-likeness (QED) is 0.652. The van der Waals surface area contributed by atoms with E-state index >= 15 is 0 Å². The maximum atomic E-state index is 2.52. The number of rotatable bonds is 7. The van der Waals surface area contributed by atoms with Crippen LogP contribution in [0.25, 0.3) is 5.57 Å². The molecular formula is C22H28ClN. The van der Waals surface area contributed by atoms with E-state index in [1.807, 2.05) is 0 Å². The van der Waals surface area contributed by atoms with Gasteiger partial charge in [-0.3, -0.25) is 0 Å². The van der Waals surface area contributed by atoms with Crippen molar-refractivity contribution in [2.24, 2.45) is 0 Å². The zero-order valence-corrected chi connectivity index (χ0v) is 15.6. The summed E-state index contributed by atoms with van der Waals surface area (Å²) >= 11 is 0. The third-order valence-corrected chi connectivity index (χ3v) is 5.01. The lowest BCUT2D eigenvalue weighted by Crippen LogP contribution is -2.24. The van der Waals surface area contributed by atoms with Crippen LogP contribution in [0.5, 0.6) is 0 Å². The van der Waals surface area contributed by atoms with Crippen LogP contribution in [0.2, 0.25) is 0 Å². The number of hydrogen-bond donors (Lipinski definition) is 0. The van der Waals surface area contributed by atoms with Crippen molar-refractivity contribution in [2.75, 3.05) is 19.6 Å². The van der Waals surface area contributed by atoms with Crippen molar-refractivity contribution in [3.05, 3.63) is 76.9 Å². The van der Waals surface area contributed by atoms with Crippen LogP contribution < -0.4 is 0 Å². The highest BCUT2D eigenvalue weighted by molar-refractivity contribution is 5.85. The Morgan fingerprint density at radius 2 is 1.54 bits per heavy atom. The summed E-state index contributed by atoms with van der Waals surface area (Å²) in [6, 6.07) is 19.9. The van der Waals surface area contributed by atoms with Crippen molar-refractivity contribution in [3.8, 4) is 0 Å². The van der Waals surface area contributed by atoms with Gasteiger partial charge in [0.15, 0.2) is 0 Å². The van der Waals surface area contributed by atoms with E-state index in [-0.39, 0.29) is 12.4 Å². The molecule has 0 aromatic heterocycles. The fourth-order valence-corrected chi connectivity index (χ4v) is 3.63. The van der Waals surface area contributed by atoms with E-state index in [0.29, 0.717) is 0 Å². The van der Waals surface area contributed by atoms with Gasteiger partial charge >= 0.3 is 0 Å². The molecule has 0 heterocycles. The van der Waals surface area contributed by atoms with Crippen LogP contribution in [0.4, 0.5) is 0 Å². The lowest BCUT2D eigenvalue weighted by Gasteiger charge is -2.19. The van der Waals surface area contributed by atoms with E-state index in [1.54, 1.807) is 11.1 Å². The van der Waals surface area contributed by atoms with Gasteiger partial charge in [-0.25, -0.2) is 0 Å². The largest absolute Gasteiger partial charge is 0.304 e. The molecule has 3 rings (SSSR count). The number of benzene rings is 2. The molecule has 0 unspecified atom stereocenters. The highest BCUT2D eigenvalue weighted by atomic mass is 35.5. The first-order chi connectivity index (χ1) is 11.3. The van der Waals surface area contributed by atoms with Crippen LogP contribution in [-0.4, -0.2) is 24.5 Å². The minimum absolute atomic E-state index is 0. The number of hydrogen-bond acceptors (Lipinski definition) is 1. The molecule has 1 aliphatic carbocycles. The Morgan fingerprint density at radius 1 is 0.875 bits per heavy atom. The monoisotopic (exact) mass is 341 g/mol. The fourth-order valence-electron chi connectivity index (χ4n) is 3.63. The first kappa shape index (κ1) is 18.8. The SMILES string of the molecule is CCN(CC)CCC1=C(Cc2ccccc2)Cc2ccccc21.Cl. The Balaban J connectivity index is 0.00000208. The minimum atomic E-state index is 0. The zero-order chi connectivity index (χ0) is 16.1. The van der Waals surface area contributed by atoms with Gasteiger partial charge in [0.25, 0.3) is 0 Å². The van der Waals surface area contributed by atoms with E-state index < -0.39 is 0 Å². The molecule has 2 aromatic carbocycles. The van der Waals surface area contributed by atoms with Gasteiger partial charge in [-0.05, 0) is 54.6 Å². The molecule has 0 radical (unpaired) electrons. The zero-order valence-electron chi connectivity index (χ0n) is 14.8. The fraction of sp³-hybridized carbons (Fsp3) is 0.364. The highest BCUT2D eigenvalue weighted by Gasteiger charge is 2.21. The minimum Gasteiger partial charge on any atom is -0.304 e. The summed E-state index contributed by atoms with van der Waals surface area (Å²) < 4.78 is 0. The molecule has 0 saturated heterocycles. The van der Waals surface area contributed by atoms with Gasteiger partial charge in [-0.1, -0.05) is 74.0 Å². The van der Waals surface area contributed by atoms with Crippen molar-refractivity contribution < 1.29 is 0 Å². The lowest BCUT2D eigenvalue weighted by atomic mass is 9.98. The molecule has 0 spiro atoms. The number of nitrogens with zero attached hydrogens (tertiary/aromatic N) is 1. The summed E-state index contributed by atoms with van der Waals surface area (Å²) in [6.07, 6.45) is 3.38. The van der Waals surface area contributed by atoms with Crippen molar-refractivity contribution in [1.82, 2.24) is 4.90 Å². The smallest absolute Gasteiger partial charge is 0.00218 e. The van der Waals surface area contributed by atoms with Crippen LogP contribution in [0, 0.1) is 0 Å². The van der Waals surface area contributed by atoms with Crippen LogP contribution in [0.15, 0.2) is 60.2 Å². The molecule has 0 bridgehead atoms. The molecule has 0 atom stereocenters. The number of allylic oxidation sites excluding steroid dienone is 1. The molecule has 24 heavy (non-hydrogen) atoms. The number of fused-ring (bicyclic) bond motifs is 1. The predicted octanol–water partition coefficient (Wildman–Crippen LogP) is 5.39. The third-order valence-electron chi connectivity index (χ3n) is 5.01. The Labute approximate surface area is 152 Å². The van der Waals surface area contributed by atoms with Gasteiger partial charge in [0.2, 0.25) is 0 Å². The molecule has 1 aliphatic rings. The van der Waals surface area contributed by atoms with E-state index in [1.165, 1.54) is 23.1 Å². The van der Waals surface area contributed by atoms with Crippen molar-refractivity contribution in [3.63, 3.8) is 0 Å². The molecule has 2 aromatic rings. The maximum absolute atomic E-state index is 2.52. The van der Waals surface area contributed by atoms with Crippen molar-refractivity contribution in [2.45, 2.75) is 33.1 Å². The van der Waals surface area contributed by atoms with Gasteiger partial charge in [-0.15, -0.1) is 12.4 Å². The highest BCUT2D eigenvalue weighted by Crippen LogP contribution is 2.36. The Hall–Kier alpha value is -1.57. The molecule has 1 nitrogen and oxygen atoms in total. The van der Waals surface area contributed by atoms with Gasteiger partial charge < -0.3 is 4.90 Å². The first-order valence-corrected chi connectivity index (χ1v) is 8.87. The van der Waals surface area contributed by atoms with E-state index in [0.717, 1.165) is 32.5 Å². The van der Waals surface area contributed by atoms with Gasteiger partial charge in [0.05, 0.1) is 0 Å². The van der Waals surface area contributed by atoms with Crippen molar-refractivity contribution >= 4 is 18.0 Å². The van der Waals surface area contributed by atoms with Gasteiger partial charge in [0, 0.05) is 6.54 Å². The lowest BCUT2D eigenvalue weighted by molar-refractivity contribution is 0.311. The molecule has 2 heteroatoms. The topological polar surface area (TPSA) is 3.24 Å². The average molecular weight is 342 g/mol. The van der Waals surface area contributed by atoms with E-state index in [9.17, 15) is 0 Å². The predicted molar refractivity (Wildman–Crippen MR) is 107 cm³/mol. The standard InChI is InChI=1S/C22H27N.ClH/c1-3-23(4-2)15-14-22-20(16-18-10-6-5-7-11-18)17-19-12-8-9-13-21(19)22;/h5-13H,3-4,14-17H2,1-2H3;1H. The normalized spacial score (nSPS) is 13.1. The Bertz CT molecular complexity index is 671. The molecule has 0 N–H and O–H groups in total. The van der Waals surface area contributed by atoms with Crippen LogP contribution in [0.1, 0.15) is 37.0 Å². The van der Waals surface area contributed by atoms with E-state index in [4.69, 9.17) is 0 Å². The van der Waals surface area contributed by atoms with Crippen LogP contribution in [-0.2, 0) is 12.8 Å². The molecule has 0 amide bonds. The molecule has 0 fully saturated rings. The molecule has 128 valence electrons. The summed E-state index contributed by atoms with van der Waals surface area (Å²) in [7, 11) is 0. The Morgan fingerprint density at radius 3 is 2.25 bits per heavy atom. The van der Waals surface area contributed by atoms with Crippen molar-refractivity contribution in [1.29, 1.82) is 0 Å².